The van der Waals surface area contributed by atoms with E-state index in [-0.39, 0.29) is 25.1 Å². The van der Waals surface area contributed by atoms with Gasteiger partial charge >= 0.3 is 0 Å². The van der Waals surface area contributed by atoms with Gasteiger partial charge in [-0.2, -0.15) is 0 Å². The van der Waals surface area contributed by atoms with Crippen molar-refractivity contribution in [1.82, 2.24) is 0 Å². The molecule has 4 nitrogen and oxygen atoms in total. The molecule has 0 bridgehead atoms. The summed E-state index contributed by atoms with van der Waals surface area (Å²) in [5, 5.41) is 9.22. The quantitative estimate of drug-likeness (QED) is 0.873. The Morgan fingerprint density at radius 1 is 1.32 bits per heavy atom. The van der Waals surface area contributed by atoms with Crippen LogP contribution in [0, 0.1) is 0 Å². The van der Waals surface area contributed by atoms with Crippen molar-refractivity contribution in [3.05, 3.63) is 24.3 Å². The van der Waals surface area contributed by atoms with E-state index in [0.717, 1.165) is 19.4 Å². The molecule has 19 heavy (non-hydrogen) atoms. The van der Waals surface area contributed by atoms with Crippen LogP contribution in [0.5, 0.6) is 11.5 Å². The molecule has 1 fully saturated rings. The molecule has 108 valence electrons. The predicted octanol–water partition coefficient (Wildman–Crippen LogP) is 2.43. The van der Waals surface area contributed by atoms with Gasteiger partial charge < -0.3 is 19.3 Å². The number of rotatable bonds is 6. The molecule has 2 atom stereocenters. The third-order valence-corrected chi connectivity index (χ3v) is 2.78. The number of para-hydroxylation sites is 2. The summed E-state index contributed by atoms with van der Waals surface area (Å²) >= 11 is 0. The molecular formula is C14H21ClO4. The maximum Gasteiger partial charge on any atom is 0.161 e. The molecule has 0 aromatic heterocycles. The molecule has 2 rings (SSSR count). The van der Waals surface area contributed by atoms with Crippen LogP contribution in [0.2, 0.25) is 0 Å². The maximum atomic E-state index is 9.22. The van der Waals surface area contributed by atoms with E-state index >= 15 is 0 Å². The third-order valence-electron chi connectivity index (χ3n) is 2.78. The fourth-order valence-corrected chi connectivity index (χ4v) is 1.86. The van der Waals surface area contributed by atoms with Gasteiger partial charge in [0.25, 0.3) is 0 Å². The zero-order chi connectivity index (χ0) is 12.8. The van der Waals surface area contributed by atoms with Gasteiger partial charge in [-0.05, 0) is 31.9 Å². The summed E-state index contributed by atoms with van der Waals surface area (Å²) in [6.45, 7) is 3.33. The lowest BCUT2D eigenvalue weighted by Gasteiger charge is -2.15. The highest BCUT2D eigenvalue weighted by molar-refractivity contribution is 5.85. The van der Waals surface area contributed by atoms with Crippen molar-refractivity contribution >= 4 is 12.4 Å². The third kappa shape index (κ3) is 5.27. The van der Waals surface area contributed by atoms with Gasteiger partial charge in [0.05, 0.1) is 12.2 Å². The lowest BCUT2D eigenvalue weighted by molar-refractivity contribution is 0.0653. The van der Waals surface area contributed by atoms with E-state index in [0.29, 0.717) is 18.1 Å². The lowest BCUT2D eigenvalue weighted by Crippen LogP contribution is -2.17. The molecule has 1 saturated heterocycles. The van der Waals surface area contributed by atoms with Crippen LogP contribution >= 0.6 is 12.4 Å². The second-order valence-electron chi connectivity index (χ2n) is 4.55. The van der Waals surface area contributed by atoms with E-state index in [1.54, 1.807) is 6.92 Å². The van der Waals surface area contributed by atoms with Crippen LogP contribution in [0.15, 0.2) is 24.3 Å². The van der Waals surface area contributed by atoms with Gasteiger partial charge in [0.1, 0.15) is 13.2 Å². The Kier molecular flexibility index (Phi) is 6.99. The molecule has 2 unspecified atom stereocenters. The van der Waals surface area contributed by atoms with Crippen molar-refractivity contribution < 1.29 is 19.3 Å². The van der Waals surface area contributed by atoms with Crippen molar-refractivity contribution in [3.63, 3.8) is 0 Å². The van der Waals surface area contributed by atoms with Crippen molar-refractivity contribution in [3.8, 4) is 11.5 Å². The second-order valence-corrected chi connectivity index (χ2v) is 4.55. The van der Waals surface area contributed by atoms with Crippen LogP contribution in [0.4, 0.5) is 0 Å². The number of halogens is 1. The second kappa shape index (κ2) is 8.25. The summed E-state index contributed by atoms with van der Waals surface area (Å²) in [5.41, 5.74) is 0. The predicted molar refractivity (Wildman–Crippen MR) is 75.3 cm³/mol. The highest BCUT2D eigenvalue weighted by Gasteiger charge is 2.17. The Balaban J connectivity index is 0.00000180. The van der Waals surface area contributed by atoms with Gasteiger partial charge in [0, 0.05) is 6.61 Å². The lowest BCUT2D eigenvalue weighted by atomic mass is 10.2. The SMILES string of the molecule is CC(O)COc1ccccc1OCC1CCCO1.Cl. The molecular weight excluding hydrogens is 268 g/mol. The van der Waals surface area contributed by atoms with Crippen LogP contribution in [0.1, 0.15) is 19.8 Å². The molecule has 0 spiro atoms. The molecule has 1 aliphatic rings. The highest BCUT2D eigenvalue weighted by Crippen LogP contribution is 2.27. The molecule has 0 amide bonds. The van der Waals surface area contributed by atoms with Crippen molar-refractivity contribution in [2.24, 2.45) is 0 Å². The van der Waals surface area contributed by atoms with Gasteiger partial charge in [-0.25, -0.2) is 0 Å². The fraction of sp³-hybridized carbons (Fsp3) is 0.571. The van der Waals surface area contributed by atoms with Gasteiger partial charge in [-0.3, -0.25) is 0 Å². The van der Waals surface area contributed by atoms with E-state index in [4.69, 9.17) is 14.2 Å². The minimum absolute atomic E-state index is 0. The molecule has 0 saturated carbocycles. The largest absolute Gasteiger partial charge is 0.487 e. The minimum Gasteiger partial charge on any atom is -0.487 e. The molecule has 1 aromatic carbocycles. The summed E-state index contributed by atoms with van der Waals surface area (Å²) < 4.78 is 16.7. The Bertz CT molecular complexity index is 364. The first-order valence-electron chi connectivity index (χ1n) is 6.40. The van der Waals surface area contributed by atoms with E-state index < -0.39 is 6.10 Å². The molecule has 1 aliphatic heterocycles. The Morgan fingerprint density at radius 2 is 2.00 bits per heavy atom. The van der Waals surface area contributed by atoms with E-state index in [1.807, 2.05) is 24.3 Å². The molecule has 0 aliphatic carbocycles. The number of benzene rings is 1. The average Bonchev–Trinajstić information content (AvgIpc) is 2.88. The van der Waals surface area contributed by atoms with Crippen molar-refractivity contribution in [2.75, 3.05) is 19.8 Å². The van der Waals surface area contributed by atoms with Crippen LogP contribution in [0.25, 0.3) is 0 Å². The Morgan fingerprint density at radius 3 is 2.58 bits per heavy atom. The summed E-state index contributed by atoms with van der Waals surface area (Å²) in [4.78, 5) is 0. The summed E-state index contributed by atoms with van der Waals surface area (Å²) in [7, 11) is 0. The van der Waals surface area contributed by atoms with Gasteiger partial charge in [0.15, 0.2) is 11.5 Å². The number of ether oxygens (including phenoxy) is 3. The summed E-state index contributed by atoms with van der Waals surface area (Å²) in [6.07, 6.45) is 1.86. The number of hydrogen-bond acceptors (Lipinski definition) is 4. The van der Waals surface area contributed by atoms with Gasteiger partial charge in [-0.1, -0.05) is 12.1 Å². The smallest absolute Gasteiger partial charge is 0.161 e. The topological polar surface area (TPSA) is 47.9 Å². The molecule has 0 radical (unpaired) electrons. The number of hydrogen-bond donors (Lipinski definition) is 1. The zero-order valence-corrected chi connectivity index (χ0v) is 11.9. The number of aliphatic hydroxyl groups is 1. The van der Waals surface area contributed by atoms with E-state index in [9.17, 15) is 5.11 Å². The summed E-state index contributed by atoms with van der Waals surface area (Å²) in [6, 6.07) is 7.50. The van der Waals surface area contributed by atoms with Gasteiger partial charge in [-0.15, -0.1) is 12.4 Å². The highest BCUT2D eigenvalue weighted by atomic mass is 35.5. The first-order chi connectivity index (χ1) is 8.75. The average molecular weight is 289 g/mol. The summed E-state index contributed by atoms with van der Waals surface area (Å²) in [5.74, 6) is 1.37. The minimum atomic E-state index is -0.490. The normalized spacial score (nSPS) is 19.6. The molecule has 5 heteroatoms. The van der Waals surface area contributed by atoms with E-state index in [1.165, 1.54) is 0 Å². The molecule has 1 aromatic rings. The molecule has 1 N–H and O–H groups in total. The maximum absolute atomic E-state index is 9.22. The van der Waals surface area contributed by atoms with Crippen molar-refractivity contribution in [1.29, 1.82) is 0 Å². The fourth-order valence-electron chi connectivity index (χ4n) is 1.86. The zero-order valence-electron chi connectivity index (χ0n) is 11.1. The molecule has 1 heterocycles. The Hall–Kier alpha value is -0.970. The van der Waals surface area contributed by atoms with Crippen LogP contribution in [-0.2, 0) is 4.74 Å². The van der Waals surface area contributed by atoms with Gasteiger partial charge in [0.2, 0.25) is 0 Å². The first kappa shape index (κ1) is 16.1. The van der Waals surface area contributed by atoms with Crippen LogP contribution in [-0.4, -0.2) is 37.1 Å². The standard InChI is InChI=1S/C14H20O4.ClH/c1-11(15)9-17-13-6-2-3-7-14(13)18-10-12-5-4-8-16-12;/h2-3,6-7,11-12,15H,4-5,8-10H2,1H3;1H. The van der Waals surface area contributed by atoms with Crippen LogP contribution in [0.3, 0.4) is 0 Å². The Labute approximate surface area is 120 Å². The monoisotopic (exact) mass is 288 g/mol. The van der Waals surface area contributed by atoms with E-state index in [2.05, 4.69) is 0 Å². The van der Waals surface area contributed by atoms with Crippen molar-refractivity contribution in [2.45, 2.75) is 32.0 Å². The first-order valence-corrected chi connectivity index (χ1v) is 6.40. The van der Waals surface area contributed by atoms with Crippen LogP contribution < -0.4 is 9.47 Å². The number of aliphatic hydroxyl groups excluding tert-OH is 1.